The van der Waals surface area contributed by atoms with Crippen molar-refractivity contribution in [3.05, 3.63) is 35.4 Å². The minimum atomic E-state index is -0.322. The van der Waals surface area contributed by atoms with Gasteiger partial charge in [-0.1, -0.05) is 44.0 Å². The molecule has 2 heteroatoms. The van der Waals surface area contributed by atoms with Gasteiger partial charge >= 0.3 is 0 Å². The number of aliphatic hydroxyl groups is 1. The fourth-order valence-corrected chi connectivity index (χ4v) is 3.40. The zero-order valence-corrected chi connectivity index (χ0v) is 13.0. The maximum atomic E-state index is 10.4. The van der Waals surface area contributed by atoms with E-state index in [9.17, 15) is 5.11 Å². The van der Waals surface area contributed by atoms with Gasteiger partial charge in [0.1, 0.15) is 0 Å². The SMILES string of the molecule is CCC1CCCCCN1CCC(O)c1ccccc1C. The molecular formula is C18H29NO. The van der Waals surface area contributed by atoms with Crippen LogP contribution in [0.2, 0.25) is 0 Å². The highest BCUT2D eigenvalue weighted by molar-refractivity contribution is 5.27. The molecule has 1 aromatic carbocycles. The summed E-state index contributed by atoms with van der Waals surface area (Å²) in [6.07, 6.45) is 7.15. The molecule has 0 spiro atoms. The lowest BCUT2D eigenvalue weighted by molar-refractivity contribution is 0.122. The predicted octanol–water partition coefficient (Wildman–Crippen LogP) is 4.07. The summed E-state index contributed by atoms with van der Waals surface area (Å²) in [4.78, 5) is 2.61. The topological polar surface area (TPSA) is 23.5 Å². The van der Waals surface area contributed by atoms with Gasteiger partial charge in [-0.05, 0) is 50.3 Å². The Hall–Kier alpha value is -0.860. The van der Waals surface area contributed by atoms with Gasteiger partial charge < -0.3 is 10.0 Å². The van der Waals surface area contributed by atoms with Crippen LogP contribution < -0.4 is 0 Å². The van der Waals surface area contributed by atoms with Crippen LogP contribution in [-0.4, -0.2) is 29.1 Å². The third-order valence-electron chi connectivity index (χ3n) is 4.71. The number of rotatable bonds is 5. The van der Waals surface area contributed by atoms with Crippen molar-refractivity contribution in [3.8, 4) is 0 Å². The summed E-state index contributed by atoms with van der Waals surface area (Å²) in [6.45, 7) is 6.60. The standard InChI is InChI=1S/C18H29NO/c1-3-16-10-5-4-8-13-19(16)14-12-18(20)17-11-7-6-9-15(17)2/h6-7,9,11,16,18,20H,3-5,8,10,12-14H2,1-2H3. The van der Waals surface area contributed by atoms with E-state index in [0.717, 1.165) is 24.6 Å². The van der Waals surface area contributed by atoms with Crippen LogP contribution in [0.4, 0.5) is 0 Å². The Morgan fingerprint density at radius 2 is 2.05 bits per heavy atom. The van der Waals surface area contributed by atoms with Crippen molar-refractivity contribution < 1.29 is 5.11 Å². The van der Waals surface area contributed by atoms with Gasteiger partial charge in [0.2, 0.25) is 0 Å². The van der Waals surface area contributed by atoms with Crippen molar-refractivity contribution in [2.75, 3.05) is 13.1 Å². The van der Waals surface area contributed by atoms with Crippen molar-refractivity contribution in [2.45, 2.75) is 64.5 Å². The Morgan fingerprint density at radius 1 is 1.25 bits per heavy atom. The molecular weight excluding hydrogens is 246 g/mol. The first-order valence-electron chi connectivity index (χ1n) is 8.20. The van der Waals surface area contributed by atoms with Gasteiger partial charge in [-0.3, -0.25) is 0 Å². The second-order valence-corrected chi connectivity index (χ2v) is 6.11. The van der Waals surface area contributed by atoms with E-state index in [-0.39, 0.29) is 6.10 Å². The lowest BCUT2D eigenvalue weighted by atomic mass is 10.0. The number of hydrogen-bond acceptors (Lipinski definition) is 2. The Labute approximate surface area is 123 Å². The van der Waals surface area contributed by atoms with Crippen molar-refractivity contribution in [1.29, 1.82) is 0 Å². The van der Waals surface area contributed by atoms with Crippen LogP contribution in [0.15, 0.2) is 24.3 Å². The maximum Gasteiger partial charge on any atom is 0.0804 e. The second kappa shape index (κ2) is 7.80. The van der Waals surface area contributed by atoms with Crippen LogP contribution in [0.3, 0.4) is 0 Å². The first-order valence-corrected chi connectivity index (χ1v) is 8.20. The van der Waals surface area contributed by atoms with Crippen LogP contribution in [0.1, 0.15) is 62.7 Å². The highest BCUT2D eigenvalue weighted by Crippen LogP contribution is 2.24. The molecule has 0 bridgehead atoms. The molecule has 0 aromatic heterocycles. The number of hydrogen-bond donors (Lipinski definition) is 1. The zero-order chi connectivity index (χ0) is 14.4. The van der Waals surface area contributed by atoms with E-state index in [1.165, 1.54) is 44.2 Å². The molecule has 0 aliphatic carbocycles. The normalized spacial score (nSPS) is 22.4. The Morgan fingerprint density at radius 3 is 2.80 bits per heavy atom. The minimum absolute atomic E-state index is 0.322. The second-order valence-electron chi connectivity index (χ2n) is 6.11. The molecule has 2 rings (SSSR count). The van der Waals surface area contributed by atoms with Crippen LogP contribution in [0.5, 0.6) is 0 Å². The van der Waals surface area contributed by atoms with E-state index in [1.54, 1.807) is 0 Å². The van der Waals surface area contributed by atoms with Gasteiger partial charge in [0.15, 0.2) is 0 Å². The first kappa shape index (κ1) is 15.5. The van der Waals surface area contributed by atoms with Crippen molar-refractivity contribution >= 4 is 0 Å². The van der Waals surface area contributed by atoms with Gasteiger partial charge in [-0.25, -0.2) is 0 Å². The third kappa shape index (κ3) is 4.07. The molecule has 0 radical (unpaired) electrons. The highest BCUT2D eigenvalue weighted by atomic mass is 16.3. The van der Waals surface area contributed by atoms with Crippen LogP contribution in [0.25, 0.3) is 0 Å². The van der Waals surface area contributed by atoms with Crippen molar-refractivity contribution in [3.63, 3.8) is 0 Å². The minimum Gasteiger partial charge on any atom is -0.388 e. The van der Waals surface area contributed by atoms with E-state index in [1.807, 2.05) is 12.1 Å². The highest BCUT2D eigenvalue weighted by Gasteiger charge is 2.20. The largest absolute Gasteiger partial charge is 0.388 e. The van der Waals surface area contributed by atoms with Crippen LogP contribution in [0, 0.1) is 6.92 Å². The number of aryl methyl sites for hydroxylation is 1. The molecule has 1 aliphatic rings. The van der Waals surface area contributed by atoms with E-state index >= 15 is 0 Å². The summed E-state index contributed by atoms with van der Waals surface area (Å²) < 4.78 is 0. The fourth-order valence-electron chi connectivity index (χ4n) is 3.40. The fraction of sp³-hybridized carbons (Fsp3) is 0.667. The van der Waals surface area contributed by atoms with Gasteiger partial charge in [-0.2, -0.15) is 0 Å². The molecule has 1 fully saturated rings. The molecule has 2 atom stereocenters. The van der Waals surface area contributed by atoms with E-state index < -0.39 is 0 Å². The predicted molar refractivity (Wildman–Crippen MR) is 84.9 cm³/mol. The lowest BCUT2D eigenvalue weighted by Gasteiger charge is -2.30. The quantitative estimate of drug-likeness (QED) is 0.875. The summed E-state index contributed by atoms with van der Waals surface area (Å²) >= 11 is 0. The molecule has 2 nitrogen and oxygen atoms in total. The molecule has 1 aromatic rings. The van der Waals surface area contributed by atoms with E-state index in [2.05, 4.69) is 30.9 Å². The smallest absolute Gasteiger partial charge is 0.0804 e. The summed E-state index contributed by atoms with van der Waals surface area (Å²) in [5.74, 6) is 0. The molecule has 112 valence electrons. The Kier molecular flexibility index (Phi) is 6.06. The third-order valence-corrected chi connectivity index (χ3v) is 4.71. The molecule has 1 saturated heterocycles. The number of likely N-dealkylation sites (tertiary alicyclic amines) is 1. The summed E-state index contributed by atoms with van der Waals surface area (Å²) in [5, 5.41) is 10.4. The number of aliphatic hydroxyl groups excluding tert-OH is 1. The Balaban J connectivity index is 1.91. The maximum absolute atomic E-state index is 10.4. The average Bonchev–Trinajstić information content (AvgIpc) is 2.70. The number of nitrogens with zero attached hydrogens (tertiary/aromatic N) is 1. The van der Waals surface area contributed by atoms with E-state index in [0.29, 0.717) is 0 Å². The van der Waals surface area contributed by atoms with E-state index in [4.69, 9.17) is 0 Å². The molecule has 0 saturated carbocycles. The molecule has 1 N–H and O–H groups in total. The average molecular weight is 275 g/mol. The lowest BCUT2D eigenvalue weighted by Crippen LogP contribution is -2.35. The summed E-state index contributed by atoms with van der Waals surface area (Å²) in [5.41, 5.74) is 2.29. The van der Waals surface area contributed by atoms with Crippen LogP contribution in [-0.2, 0) is 0 Å². The molecule has 0 amide bonds. The number of benzene rings is 1. The van der Waals surface area contributed by atoms with Gasteiger partial charge in [0.25, 0.3) is 0 Å². The zero-order valence-electron chi connectivity index (χ0n) is 13.0. The monoisotopic (exact) mass is 275 g/mol. The van der Waals surface area contributed by atoms with Gasteiger partial charge in [0, 0.05) is 12.6 Å². The van der Waals surface area contributed by atoms with Crippen LogP contribution >= 0.6 is 0 Å². The first-order chi connectivity index (χ1) is 9.72. The summed E-state index contributed by atoms with van der Waals surface area (Å²) in [6, 6.07) is 8.92. The molecule has 2 unspecified atom stereocenters. The molecule has 20 heavy (non-hydrogen) atoms. The molecule has 1 heterocycles. The Bertz CT molecular complexity index is 404. The van der Waals surface area contributed by atoms with Gasteiger partial charge in [-0.15, -0.1) is 0 Å². The van der Waals surface area contributed by atoms with Crippen molar-refractivity contribution in [1.82, 2.24) is 4.90 Å². The van der Waals surface area contributed by atoms with Gasteiger partial charge in [0.05, 0.1) is 6.10 Å². The summed E-state index contributed by atoms with van der Waals surface area (Å²) in [7, 11) is 0. The molecule has 1 aliphatic heterocycles. The van der Waals surface area contributed by atoms with Crippen molar-refractivity contribution in [2.24, 2.45) is 0 Å².